The summed E-state index contributed by atoms with van der Waals surface area (Å²) in [4.78, 5) is 9.78. The summed E-state index contributed by atoms with van der Waals surface area (Å²) in [6.45, 7) is 13.3. The lowest BCUT2D eigenvalue weighted by Gasteiger charge is -2.36. The summed E-state index contributed by atoms with van der Waals surface area (Å²) in [5, 5.41) is 3.46. The molecule has 0 radical (unpaired) electrons. The molecular formula is C22H36N4O2. The van der Waals surface area contributed by atoms with Gasteiger partial charge in [0.25, 0.3) is 0 Å². The Labute approximate surface area is 169 Å². The van der Waals surface area contributed by atoms with Crippen molar-refractivity contribution >= 4 is 5.96 Å². The van der Waals surface area contributed by atoms with Crippen molar-refractivity contribution in [3.8, 4) is 0 Å². The highest BCUT2D eigenvalue weighted by molar-refractivity contribution is 5.80. The Hall–Kier alpha value is -1.63. The number of morpholine rings is 1. The van der Waals surface area contributed by atoms with Crippen LogP contribution in [-0.4, -0.2) is 79.9 Å². The van der Waals surface area contributed by atoms with Crippen molar-refractivity contribution in [2.75, 3.05) is 45.9 Å². The number of guanidine groups is 1. The maximum Gasteiger partial charge on any atom is 0.194 e. The second kappa shape index (κ2) is 10.8. The molecule has 2 saturated heterocycles. The molecule has 6 heteroatoms. The van der Waals surface area contributed by atoms with Crippen LogP contribution in [0.5, 0.6) is 0 Å². The van der Waals surface area contributed by atoms with Crippen molar-refractivity contribution in [1.29, 1.82) is 0 Å². The second-order valence-electron chi connectivity index (χ2n) is 7.85. The Morgan fingerprint density at radius 1 is 1.29 bits per heavy atom. The van der Waals surface area contributed by atoms with Crippen LogP contribution in [0.3, 0.4) is 0 Å². The number of benzene rings is 1. The second-order valence-corrected chi connectivity index (χ2v) is 7.85. The van der Waals surface area contributed by atoms with Crippen LogP contribution in [0, 0.1) is 0 Å². The maximum absolute atomic E-state index is 6.11. The molecule has 2 fully saturated rings. The molecule has 0 bridgehead atoms. The fourth-order valence-corrected chi connectivity index (χ4v) is 3.94. The van der Waals surface area contributed by atoms with Crippen molar-refractivity contribution < 1.29 is 9.47 Å². The average molecular weight is 389 g/mol. The first-order chi connectivity index (χ1) is 13.7. The molecule has 0 spiro atoms. The monoisotopic (exact) mass is 388 g/mol. The van der Waals surface area contributed by atoms with Crippen molar-refractivity contribution in [2.45, 2.75) is 52.0 Å². The lowest BCUT2D eigenvalue weighted by molar-refractivity contribution is -0.0502. The third kappa shape index (κ3) is 5.93. The molecule has 1 aromatic rings. The Kier molecular flexibility index (Phi) is 8.13. The first-order valence-electron chi connectivity index (χ1n) is 10.7. The molecule has 1 N–H and O–H groups in total. The molecule has 3 rings (SSSR count). The van der Waals surface area contributed by atoms with E-state index in [-0.39, 0.29) is 12.2 Å². The molecular weight excluding hydrogens is 352 g/mol. The number of aliphatic imine (C=N–C) groups is 1. The van der Waals surface area contributed by atoms with E-state index < -0.39 is 0 Å². The van der Waals surface area contributed by atoms with Gasteiger partial charge in [-0.3, -0.25) is 9.89 Å². The van der Waals surface area contributed by atoms with E-state index >= 15 is 0 Å². The predicted octanol–water partition coefficient (Wildman–Crippen LogP) is 2.35. The molecule has 0 amide bonds. The minimum atomic E-state index is 0.255. The predicted molar refractivity (Wildman–Crippen MR) is 114 cm³/mol. The minimum Gasteiger partial charge on any atom is -0.379 e. The van der Waals surface area contributed by atoms with E-state index in [0.29, 0.717) is 6.04 Å². The van der Waals surface area contributed by atoms with Gasteiger partial charge in [-0.05, 0) is 32.8 Å². The van der Waals surface area contributed by atoms with Crippen LogP contribution in [0.2, 0.25) is 0 Å². The third-order valence-electron chi connectivity index (χ3n) is 5.29. The van der Waals surface area contributed by atoms with E-state index in [1.165, 1.54) is 5.56 Å². The van der Waals surface area contributed by atoms with E-state index in [0.717, 1.165) is 64.9 Å². The number of likely N-dealkylation sites (tertiary alicyclic amines) is 1. The summed E-state index contributed by atoms with van der Waals surface area (Å²) in [5.41, 5.74) is 1.37. The third-order valence-corrected chi connectivity index (χ3v) is 5.29. The number of ether oxygens (including phenoxy) is 2. The zero-order chi connectivity index (χ0) is 19.8. The first-order valence-corrected chi connectivity index (χ1v) is 10.7. The van der Waals surface area contributed by atoms with Crippen LogP contribution < -0.4 is 5.32 Å². The summed E-state index contributed by atoms with van der Waals surface area (Å²) in [7, 11) is 0. The molecule has 0 aliphatic carbocycles. The molecule has 2 heterocycles. The highest BCUT2D eigenvalue weighted by atomic mass is 16.5. The molecule has 2 unspecified atom stereocenters. The summed E-state index contributed by atoms with van der Waals surface area (Å²) >= 11 is 0. The highest BCUT2D eigenvalue weighted by Crippen LogP contribution is 2.24. The van der Waals surface area contributed by atoms with Gasteiger partial charge < -0.3 is 19.7 Å². The van der Waals surface area contributed by atoms with Gasteiger partial charge in [-0.1, -0.05) is 30.3 Å². The van der Waals surface area contributed by atoms with E-state index in [1.807, 2.05) is 0 Å². The molecule has 0 aromatic heterocycles. The van der Waals surface area contributed by atoms with Gasteiger partial charge in [-0.15, -0.1) is 0 Å². The van der Waals surface area contributed by atoms with Crippen molar-refractivity contribution in [1.82, 2.24) is 15.1 Å². The van der Waals surface area contributed by atoms with Crippen LogP contribution >= 0.6 is 0 Å². The molecule has 2 aliphatic heterocycles. The summed E-state index contributed by atoms with van der Waals surface area (Å²) in [6, 6.07) is 11.2. The molecule has 156 valence electrons. The Morgan fingerprint density at radius 3 is 2.86 bits per heavy atom. The van der Waals surface area contributed by atoms with Crippen molar-refractivity contribution in [3.63, 3.8) is 0 Å². The molecule has 6 nitrogen and oxygen atoms in total. The normalized spacial score (nSPS) is 23.3. The van der Waals surface area contributed by atoms with Crippen LogP contribution in [0.4, 0.5) is 0 Å². The minimum absolute atomic E-state index is 0.255. The summed E-state index contributed by atoms with van der Waals surface area (Å²) in [6.07, 6.45) is 1.49. The topological polar surface area (TPSA) is 49.3 Å². The lowest BCUT2D eigenvalue weighted by atomic mass is 10.1. The van der Waals surface area contributed by atoms with Gasteiger partial charge in [0.1, 0.15) is 0 Å². The van der Waals surface area contributed by atoms with Crippen molar-refractivity contribution in [3.05, 3.63) is 35.9 Å². The summed E-state index contributed by atoms with van der Waals surface area (Å²) in [5.74, 6) is 1.00. The largest absolute Gasteiger partial charge is 0.379 e. The number of nitrogens with one attached hydrogen (secondary N) is 1. The van der Waals surface area contributed by atoms with Gasteiger partial charge in [0, 0.05) is 45.9 Å². The Bertz CT molecular complexity index is 608. The quantitative estimate of drug-likeness (QED) is 0.421. The van der Waals surface area contributed by atoms with Crippen LogP contribution in [-0.2, 0) is 16.0 Å². The van der Waals surface area contributed by atoms with Crippen LogP contribution in [0.25, 0.3) is 0 Å². The molecule has 2 atom stereocenters. The molecule has 1 aromatic carbocycles. The van der Waals surface area contributed by atoms with Gasteiger partial charge in [0.15, 0.2) is 5.96 Å². The standard InChI is InChI=1S/C22H36N4O2/c1-4-23-22(24-11-8-13-27-18(2)3)26-16-20-21(17-26)28-14-12-25(20)15-19-9-6-5-7-10-19/h5-7,9-10,18,20-21H,4,8,11-17H2,1-3H3,(H,23,24). The van der Waals surface area contributed by atoms with Gasteiger partial charge in [0.2, 0.25) is 0 Å². The lowest BCUT2D eigenvalue weighted by Crippen LogP contribution is -2.50. The number of nitrogens with zero attached hydrogens (tertiary/aromatic N) is 3. The first kappa shape index (κ1) is 21.1. The van der Waals surface area contributed by atoms with Crippen LogP contribution in [0.15, 0.2) is 35.3 Å². The number of hydrogen-bond acceptors (Lipinski definition) is 4. The summed E-state index contributed by atoms with van der Waals surface area (Å²) < 4.78 is 11.7. The Morgan fingerprint density at radius 2 is 2.11 bits per heavy atom. The van der Waals surface area contributed by atoms with Gasteiger partial charge in [-0.25, -0.2) is 0 Å². The number of fused-ring (bicyclic) bond motifs is 1. The van der Waals surface area contributed by atoms with Gasteiger partial charge in [0.05, 0.1) is 24.9 Å². The smallest absolute Gasteiger partial charge is 0.194 e. The fraction of sp³-hybridized carbons (Fsp3) is 0.682. The van der Waals surface area contributed by atoms with E-state index in [2.05, 4.69) is 66.2 Å². The highest BCUT2D eigenvalue weighted by Gasteiger charge is 2.41. The molecule has 2 aliphatic rings. The number of rotatable bonds is 8. The molecule has 28 heavy (non-hydrogen) atoms. The maximum atomic E-state index is 6.11. The fourth-order valence-electron chi connectivity index (χ4n) is 3.94. The number of hydrogen-bond donors (Lipinski definition) is 1. The van der Waals surface area contributed by atoms with E-state index in [1.54, 1.807) is 0 Å². The molecule has 0 saturated carbocycles. The SMILES string of the molecule is CCNC(=NCCCOC(C)C)N1CC2OCCN(Cc3ccccc3)C2C1. The zero-order valence-corrected chi connectivity index (χ0v) is 17.6. The van der Waals surface area contributed by atoms with E-state index in [9.17, 15) is 0 Å². The zero-order valence-electron chi connectivity index (χ0n) is 17.6. The van der Waals surface area contributed by atoms with Gasteiger partial charge in [-0.2, -0.15) is 0 Å². The Balaban J connectivity index is 1.58. The van der Waals surface area contributed by atoms with Crippen molar-refractivity contribution in [2.24, 2.45) is 4.99 Å². The van der Waals surface area contributed by atoms with Gasteiger partial charge >= 0.3 is 0 Å². The average Bonchev–Trinajstić information content (AvgIpc) is 3.13. The van der Waals surface area contributed by atoms with Crippen LogP contribution in [0.1, 0.15) is 32.8 Å². The van der Waals surface area contributed by atoms with E-state index in [4.69, 9.17) is 14.5 Å².